The lowest BCUT2D eigenvalue weighted by atomic mass is 10.3. The Bertz CT molecular complexity index is 371. The van der Waals surface area contributed by atoms with Gasteiger partial charge in [-0.05, 0) is 0 Å². The van der Waals surface area contributed by atoms with Crippen molar-refractivity contribution >= 4 is 16.3 Å². The van der Waals surface area contributed by atoms with Crippen molar-refractivity contribution in [2.75, 3.05) is 39.5 Å². The third kappa shape index (κ3) is 10.4. The van der Waals surface area contributed by atoms with E-state index in [2.05, 4.69) is 0 Å². The van der Waals surface area contributed by atoms with E-state index in [0.717, 1.165) is 0 Å². The average molecular weight is 287 g/mol. The molecule has 0 fully saturated rings. The van der Waals surface area contributed by atoms with Crippen molar-refractivity contribution in [2.45, 2.75) is 12.5 Å². The lowest BCUT2D eigenvalue weighted by molar-refractivity contribution is -0.893. The maximum absolute atomic E-state index is 11.8. The van der Waals surface area contributed by atoms with Crippen LogP contribution in [0.4, 0.5) is 9.18 Å². The van der Waals surface area contributed by atoms with Crippen molar-refractivity contribution in [3.8, 4) is 0 Å². The Hall–Kier alpha value is -0.770. The minimum atomic E-state index is -4.20. The van der Waals surface area contributed by atoms with E-state index in [-0.39, 0.29) is 13.1 Å². The van der Waals surface area contributed by atoms with Crippen LogP contribution >= 0.6 is 0 Å². The highest BCUT2D eigenvalue weighted by atomic mass is 32.2. The van der Waals surface area contributed by atoms with Gasteiger partial charge in [0.05, 0.1) is 20.6 Å². The summed E-state index contributed by atoms with van der Waals surface area (Å²) in [4.78, 5) is 9.99. The molecule has 1 unspecified atom stereocenters. The number of carbonyl (C=O) groups is 1. The number of halogens is 1. The summed E-state index contributed by atoms with van der Waals surface area (Å²) >= 11 is 0. The number of nitrogens with one attached hydrogen (secondary N) is 1. The molecule has 0 bridgehead atoms. The second kappa shape index (κ2) is 6.98. The van der Waals surface area contributed by atoms with Crippen molar-refractivity contribution in [1.82, 2.24) is 5.32 Å². The minimum Gasteiger partial charge on any atom is -0.386 e. The zero-order valence-electron chi connectivity index (χ0n) is 10.5. The van der Waals surface area contributed by atoms with E-state index in [1.165, 1.54) is 0 Å². The van der Waals surface area contributed by atoms with E-state index in [1.807, 2.05) is 5.32 Å². The Kier molecular flexibility index (Phi) is 6.68. The van der Waals surface area contributed by atoms with Crippen LogP contribution in [0.3, 0.4) is 0 Å². The van der Waals surface area contributed by atoms with Crippen LogP contribution in [0.5, 0.6) is 0 Å². The summed E-state index contributed by atoms with van der Waals surface area (Å²) in [5.41, 5.74) is 0. The quantitative estimate of drug-likeness (QED) is 0.181. The van der Waals surface area contributed by atoms with Crippen LogP contribution in [0, 0.1) is 0 Å². The van der Waals surface area contributed by atoms with Crippen molar-refractivity contribution in [3.63, 3.8) is 0 Å². The molecule has 0 saturated heterocycles. The second-order valence-electron chi connectivity index (χ2n) is 4.80. The SMILES string of the molecule is C[N+](C)(CCCNC(=O)F)CC(O)CS(=O)(=O)O. The molecule has 0 rings (SSSR count). The van der Waals surface area contributed by atoms with Gasteiger partial charge in [-0.1, -0.05) is 0 Å². The molecule has 0 heterocycles. The van der Waals surface area contributed by atoms with Gasteiger partial charge < -0.3 is 14.9 Å². The number of likely N-dealkylation sites (N-methyl/N-ethyl adjacent to an activating group) is 1. The number of hydrogen-bond donors (Lipinski definition) is 3. The summed E-state index contributed by atoms with van der Waals surface area (Å²) in [6.07, 6.45) is -2.28. The Morgan fingerprint density at radius 2 is 2.00 bits per heavy atom. The summed E-state index contributed by atoms with van der Waals surface area (Å²) < 4.78 is 41.8. The Morgan fingerprint density at radius 1 is 1.44 bits per heavy atom. The Labute approximate surface area is 106 Å². The first-order valence-corrected chi connectivity index (χ1v) is 7.01. The van der Waals surface area contributed by atoms with Gasteiger partial charge in [-0.25, -0.2) is 4.79 Å². The molecule has 0 spiro atoms. The van der Waals surface area contributed by atoms with Gasteiger partial charge in [-0.2, -0.15) is 8.42 Å². The molecule has 9 heteroatoms. The molecule has 18 heavy (non-hydrogen) atoms. The molecule has 0 aliphatic carbocycles. The van der Waals surface area contributed by atoms with Crippen LogP contribution in [-0.2, 0) is 10.1 Å². The largest absolute Gasteiger partial charge is 0.397 e. The van der Waals surface area contributed by atoms with Gasteiger partial charge in [-0.3, -0.25) is 4.55 Å². The van der Waals surface area contributed by atoms with Crippen LogP contribution in [0.1, 0.15) is 6.42 Å². The zero-order chi connectivity index (χ0) is 14.4. The van der Waals surface area contributed by atoms with Crippen LogP contribution in [0.25, 0.3) is 0 Å². The molecule has 108 valence electrons. The molecule has 0 aromatic heterocycles. The molecule has 0 aromatic carbocycles. The first-order valence-electron chi connectivity index (χ1n) is 5.40. The fourth-order valence-electron chi connectivity index (χ4n) is 1.65. The van der Waals surface area contributed by atoms with Gasteiger partial charge in [0.1, 0.15) is 18.4 Å². The number of amides is 1. The highest BCUT2D eigenvalue weighted by Gasteiger charge is 2.23. The fraction of sp³-hybridized carbons (Fsp3) is 0.889. The first-order chi connectivity index (χ1) is 8.02. The van der Waals surface area contributed by atoms with Gasteiger partial charge in [0, 0.05) is 13.0 Å². The second-order valence-corrected chi connectivity index (χ2v) is 6.30. The smallest absolute Gasteiger partial charge is 0.386 e. The van der Waals surface area contributed by atoms with Gasteiger partial charge in [0.15, 0.2) is 0 Å². The van der Waals surface area contributed by atoms with Gasteiger partial charge >= 0.3 is 6.16 Å². The molecule has 0 aliphatic heterocycles. The number of aliphatic hydroxyl groups is 1. The maximum atomic E-state index is 11.8. The number of rotatable bonds is 8. The maximum Gasteiger partial charge on any atom is 0.397 e. The van der Waals surface area contributed by atoms with Gasteiger partial charge in [0.2, 0.25) is 0 Å². The van der Waals surface area contributed by atoms with E-state index in [4.69, 9.17) is 4.55 Å². The summed E-state index contributed by atoms with van der Waals surface area (Å²) in [5.74, 6) is -0.712. The van der Waals surface area contributed by atoms with Crippen molar-refractivity contribution in [2.24, 2.45) is 0 Å². The standard InChI is InChI=1S/C9H19FN2O5S/c1-12(2,5-3-4-11-9(10)14)6-8(13)7-18(15,16)17/h8,13H,3-7H2,1-2H3,(H-,11,14,15,16,17)/p+1. The van der Waals surface area contributed by atoms with E-state index in [0.29, 0.717) is 17.4 Å². The highest BCUT2D eigenvalue weighted by Crippen LogP contribution is 2.03. The van der Waals surface area contributed by atoms with Crippen LogP contribution in [0.15, 0.2) is 0 Å². The number of carbonyl (C=O) groups excluding carboxylic acids is 1. The molecular weight excluding hydrogens is 267 g/mol. The minimum absolute atomic E-state index is 0.128. The molecule has 3 N–H and O–H groups in total. The van der Waals surface area contributed by atoms with E-state index >= 15 is 0 Å². The predicted octanol–water partition coefficient (Wildman–Crippen LogP) is -0.619. The molecule has 0 aliphatic rings. The normalized spacial score (nSPS) is 14.3. The van der Waals surface area contributed by atoms with Crippen LogP contribution in [-0.4, -0.2) is 74.3 Å². The molecule has 0 radical (unpaired) electrons. The Morgan fingerprint density at radius 3 is 2.44 bits per heavy atom. The van der Waals surface area contributed by atoms with E-state index < -0.39 is 28.1 Å². The summed E-state index contributed by atoms with van der Waals surface area (Å²) in [7, 11) is -0.690. The molecule has 1 atom stereocenters. The summed E-state index contributed by atoms with van der Waals surface area (Å²) in [6.45, 7) is 0.817. The average Bonchev–Trinajstić information content (AvgIpc) is 2.07. The number of hydrogen-bond acceptors (Lipinski definition) is 4. The predicted molar refractivity (Wildman–Crippen MR) is 63.4 cm³/mol. The Balaban J connectivity index is 4.02. The molecular formula is C9H20FN2O5S+. The third-order valence-electron chi connectivity index (χ3n) is 2.31. The topological polar surface area (TPSA) is 104 Å². The monoisotopic (exact) mass is 287 g/mol. The summed E-state index contributed by atoms with van der Waals surface area (Å²) in [5, 5.41) is 11.5. The van der Waals surface area contributed by atoms with Crippen molar-refractivity contribution in [1.29, 1.82) is 0 Å². The van der Waals surface area contributed by atoms with Crippen LogP contribution < -0.4 is 5.32 Å². The lowest BCUT2D eigenvalue weighted by Gasteiger charge is -2.31. The summed E-state index contributed by atoms with van der Waals surface area (Å²) in [6, 6.07) is 0. The van der Waals surface area contributed by atoms with Gasteiger partial charge in [0.25, 0.3) is 10.1 Å². The van der Waals surface area contributed by atoms with Crippen molar-refractivity contribution in [3.05, 3.63) is 0 Å². The number of quaternary nitrogens is 1. The van der Waals surface area contributed by atoms with Gasteiger partial charge in [-0.15, -0.1) is 4.39 Å². The lowest BCUT2D eigenvalue weighted by Crippen LogP contribution is -2.48. The molecule has 0 aromatic rings. The first kappa shape index (κ1) is 17.2. The highest BCUT2D eigenvalue weighted by molar-refractivity contribution is 7.85. The zero-order valence-corrected chi connectivity index (χ0v) is 11.3. The number of aliphatic hydroxyl groups excluding tert-OH is 1. The van der Waals surface area contributed by atoms with Crippen LogP contribution in [0.2, 0.25) is 0 Å². The van der Waals surface area contributed by atoms with E-state index in [1.54, 1.807) is 14.1 Å². The fourth-order valence-corrected chi connectivity index (χ4v) is 2.24. The van der Waals surface area contributed by atoms with Crippen molar-refractivity contribution < 1.29 is 31.7 Å². The third-order valence-corrected chi connectivity index (χ3v) is 3.12. The molecule has 0 saturated carbocycles. The molecule has 1 amide bonds. The number of nitrogens with zero attached hydrogens (tertiary/aromatic N) is 1. The molecule has 7 nitrogen and oxygen atoms in total. The van der Waals surface area contributed by atoms with E-state index in [9.17, 15) is 22.7 Å².